The molecule has 0 aromatic carbocycles. The van der Waals surface area contributed by atoms with Gasteiger partial charge in [0.15, 0.2) is 0 Å². The van der Waals surface area contributed by atoms with Crippen molar-refractivity contribution in [2.24, 2.45) is 22.7 Å². The van der Waals surface area contributed by atoms with E-state index in [1.54, 1.807) is 20.2 Å². The van der Waals surface area contributed by atoms with E-state index in [0.29, 0.717) is 23.5 Å². The molecule has 0 heterocycles. The lowest BCUT2D eigenvalue weighted by molar-refractivity contribution is 0.202. The Hall–Kier alpha value is -1.56. The van der Waals surface area contributed by atoms with Crippen molar-refractivity contribution in [3.63, 3.8) is 0 Å². The van der Waals surface area contributed by atoms with Gasteiger partial charge in [-0.2, -0.15) is 5.26 Å². The molecule has 17 heavy (non-hydrogen) atoms. The van der Waals surface area contributed by atoms with Gasteiger partial charge in [0, 0.05) is 12.6 Å². The summed E-state index contributed by atoms with van der Waals surface area (Å²) in [4.78, 5) is 4.03. The van der Waals surface area contributed by atoms with Crippen LogP contribution in [0, 0.1) is 29.1 Å². The zero-order valence-corrected chi connectivity index (χ0v) is 11.0. The van der Waals surface area contributed by atoms with Crippen molar-refractivity contribution in [3.05, 3.63) is 24.1 Å². The monoisotopic (exact) mass is 232 g/mol. The Morgan fingerprint density at radius 3 is 2.82 bits per heavy atom. The van der Waals surface area contributed by atoms with E-state index in [4.69, 9.17) is 10.00 Å². The summed E-state index contributed by atoms with van der Waals surface area (Å²) in [5.41, 5.74) is 0.492. The maximum Gasteiger partial charge on any atom is 0.115 e. The first-order chi connectivity index (χ1) is 8.08. The summed E-state index contributed by atoms with van der Waals surface area (Å²) in [7, 11) is 1.72. The summed E-state index contributed by atoms with van der Waals surface area (Å²) in [6, 6.07) is 2.00. The van der Waals surface area contributed by atoms with Crippen molar-refractivity contribution >= 4 is 5.71 Å². The minimum atomic E-state index is 0.449. The molecule has 3 heteroatoms. The maximum atomic E-state index is 8.56. The molecule has 1 rings (SSSR count). The number of aliphatic imine (C=N–C) groups is 1. The quantitative estimate of drug-likeness (QED) is 0.683. The summed E-state index contributed by atoms with van der Waals surface area (Å²) in [6.07, 6.45) is 7.03. The molecule has 0 fully saturated rings. The Kier molecular flexibility index (Phi) is 4.96. The van der Waals surface area contributed by atoms with Crippen LogP contribution in [0.3, 0.4) is 0 Å². The highest BCUT2D eigenvalue weighted by Gasteiger charge is 2.27. The minimum Gasteiger partial charge on any atom is -0.501 e. The fourth-order valence-electron chi connectivity index (χ4n) is 1.81. The van der Waals surface area contributed by atoms with Gasteiger partial charge >= 0.3 is 0 Å². The van der Waals surface area contributed by atoms with Gasteiger partial charge in [-0.1, -0.05) is 19.9 Å². The molecule has 0 aliphatic heterocycles. The number of allylic oxidation sites excluding steroid dienone is 3. The van der Waals surface area contributed by atoms with Crippen molar-refractivity contribution in [2.45, 2.75) is 27.2 Å². The highest BCUT2D eigenvalue weighted by Crippen LogP contribution is 2.36. The third-order valence-electron chi connectivity index (χ3n) is 3.42. The Morgan fingerprint density at radius 2 is 2.29 bits per heavy atom. The normalized spacial score (nSPS) is 23.6. The number of nitriles is 1. The fraction of sp³-hybridized carbons (Fsp3) is 0.571. The second-order valence-corrected chi connectivity index (χ2v) is 4.59. The predicted molar refractivity (Wildman–Crippen MR) is 69.4 cm³/mol. The van der Waals surface area contributed by atoms with Crippen molar-refractivity contribution in [1.29, 1.82) is 5.26 Å². The first kappa shape index (κ1) is 13.5. The first-order valence-electron chi connectivity index (χ1n) is 5.94. The number of rotatable bonds is 5. The number of nitrogens with zero attached hydrogens (tertiary/aromatic N) is 2. The highest BCUT2D eigenvalue weighted by molar-refractivity contribution is 5.96. The van der Waals surface area contributed by atoms with Crippen LogP contribution < -0.4 is 0 Å². The van der Waals surface area contributed by atoms with Gasteiger partial charge in [-0.25, -0.2) is 0 Å². The fourth-order valence-corrected chi connectivity index (χ4v) is 1.81. The van der Waals surface area contributed by atoms with Crippen LogP contribution in [0.25, 0.3) is 0 Å². The smallest absolute Gasteiger partial charge is 0.115 e. The lowest BCUT2D eigenvalue weighted by Crippen LogP contribution is -2.23. The van der Waals surface area contributed by atoms with Gasteiger partial charge < -0.3 is 4.74 Å². The van der Waals surface area contributed by atoms with E-state index in [9.17, 15) is 0 Å². The van der Waals surface area contributed by atoms with Gasteiger partial charge in [0.1, 0.15) is 11.8 Å². The molecule has 0 saturated heterocycles. The molecule has 0 saturated carbocycles. The van der Waals surface area contributed by atoms with Gasteiger partial charge in [0.2, 0.25) is 0 Å². The van der Waals surface area contributed by atoms with Crippen LogP contribution in [0.2, 0.25) is 0 Å². The lowest BCUT2D eigenvalue weighted by atomic mass is 9.76. The molecular formula is C14H20N2O. The summed E-state index contributed by atoms with van der Waals surface area (Å²) in [6.45, 7) is 6.12. The highest BCUT2D eigenvalue weighted by atomic mass is 16.5. The molecule has 3 atom stereocenters. The van der Waals surface area contributed by atoms with Crippen LogP contribution in [0.5, 0.6) is 0 Å². The summed E-state index contributed by atoms with van der Waals surface area (Å²) < 4.78 is 5.16. The molecule has 0 N–H and O–H groups in total. The zero-order valence-electron chi connectivity index (χ0n) is 11.0. The topological polar surface area (TPSA) is 45.4 Å². The Balaban J connectivity index is 2.47. The van der Waals surface area contributed by atoms with Crippen LogP contribution in [0.4, 0.5) is 0 Å². The average Bonchev–Trinajstić information content (AvgIpc) is 2.26. The van der Waals surface area contributed by atoms with Gasteiger partial charge in [-0.15, -0.1) is 0 Å². The molecular weight excluding hydrogens is 212 g/mol. The predicted octanol–water partition coefficient (Wildman–Crippen LogP) is 3.31. The molecule has 1 aliphatic carbocycles. The van der Waals surface area contributed by atoms with E-state index in [0.717, 1.165) is 12.2 Å². The lowest BCUT2D eigenvalue weighted by Gasteiger charge is -2.31. The van der Waals surface area contributed by atoms with Gasteiger partial charge in [0.25, 0.3) is 0 Å². The summed E-state index contributed by atoms with van der Waals surface area (Å²) in [5, 5.41) is 8.56. The van der Waals surface area contributed by atoms with Crippen LogP contribution in [-0.2, 0) is 4.74 Å². The second kappa shape index (κ2) is 6.24. The van der Waals surface area contributed by atoms with Crippen molar-refractivity contribution in [2.75, 3.05) is 7.11 Å². The van der Waals surface area contributed by atoms with Gasteiger partial charge in [-0.3, -0.25) is 4.99 Å². The average molecular weight is 232 g/mol. The third kappa shape index (κ3) is 3.74. The van der Waals surface area contributed by atoms with Crippen molar-refractivity contribution in [1.82, 2.24) is 0 Å². The number of ether oxygens (including phenoxy) is 1. The molecule has 0 bridgehead atoms. The Morgan fingerprint density at radius 1 is 1.65 bits per heavy atom. The zero-order chi connectivity index (χ0) is 12.8. The van der Waals surface area contributed by atoms with Crippen molar-refractivity contribution < 1.29 is 4.74 Å². The van der Waals surface area contributed by atoms with E-state index in [-0.39, 0.29) is 0 Å². The minimum absolute atomic E-state index is 0.449. The van der Waals surface area contributed by atoms with E-state index < -0.39 is 0 Å². The number of methoxy groups -OCH3 is 1. The molecule has 3 nitrogen and oxygen atoms in total. The standard InChI is InChI=1S/C14H20N2O/c1-10(5-6-16-11(2)9-15)12(3)13-7-14(8-13)17-4/h5-7,10,12-13H,8H2,1-4H3/b6-5-,16-11?/t10-,12-,13?/m0/s1. The molecule has 0 aromatic heterocycles. The molecule has 1 aliphatic rings. The first-order valence-corrected chi connectivity index (χ1v) is 5.94. The SMILES string of the molecule is COC1=CC([C@@H](C)[C@@H](C)/C=C\N=C(C)C#N)C1. The second-order valence-electron chi connectivity index (χ2n) is 4.59. The molecule has 92 valence electrons. The van der Waals surface area contributed by atoms with Crippen molar-refractivity contribution in [3.8, 4) is 6.07 Å². The van der Waals surface area contributed by atoms with E-state index in [1.807, 2.05) is 6.07 Å². The van der Waals surface area contributed by atoms with Crippen LogP contribution in [-0.4, -0.2) is 12.8 Å². The number of hydrogen-bond acceptors (Lipinski definition) is 3. The molecule has 0 spiro atoms. The van der Waals surface area contributed by atoms with Crippen LogP contribution in [0.15, 0.2) is 29.1 Å². The molecule has 0 aromatic rings. The molecule has 0 amide bonds. The summed E-state index contributed by atoms with van der Waals surface area (Å²) >= 11 is 0. The van der Waals surface area contributed by atoms with Gasteiger partial charge in [0.05, 0.1) is 12.9 Å². The van der Waals surface area contributed by atoms with E-state index >= 15 is 0 Å². The third-order valence-corrected chi connectivity index (χ3v) is 3.42. The Bertz CT molecular complexity index is 388. The summed E-state index contributed by atoms with van der Waals surface area (Å²) in [5.74, 6) is 2.72. The molecule has 1 unspecified atom stereocenters. The molecule has 0 radical (unpaired) electrons. The van der Waals surface area contributed by atoms with Crippen LogP contribution >= 0.6 is 0 Å². The number of hydrogen-bond donors (Lipinski definition) is 0. The van der Waals surface area contributed by atoms with Gasteiger partial charge in [-0.05, 0) is 30.8 Å². The van der Waals surface area contributed by atoms with E-state index in [1.165, 1.54) is 0 Å². The largest absolute Gasteiger partial charge is 0.501 e. The maximum absolute atomic E-state index is 8.56. The van der Waals surface area contributed by atoms with E-state index in [2.05, 4.69) is 31.0 Å². The van der Waals surface area contributed by atoms with Crippen LogP contribution in [0.1, 0.15) is 27.2 Å². The Labute approximate surface area is 103 Å².